The number of anilines is 2. The summed E-state index contributed by atoms with van der Waals surface area (Å²) in [5.41, 5.74) is 6.87. The Bertz CT molecular complexity index is 729. The van der Waals surface area contributed by atoms with Crippen molar-refractivity contribution in [3.8, 4) is 0 Å². The SMILES string of the molecule is Cc1ccc(N)c(C(=O)Nc2ccc(C(=O)O)c(F)c2)c1. The van der Waals surface area contributed by atoms with E-state index >= 15 is 0 Å². The first-order valence-corrected chi connectivity index (χ1v) is 6.09. The normalized spacial score (nSPS) is 10.2. The van der Waals surface area contributed by atoms with Gasteiger partial charge in [0.25, 0.3) is 5.91 Å². The topological polar surface area (TPSA) is 92.4 Å². The van der Waals surface area contributed by atoms with Crippen LogP contribution < -0.4 is 11.1 Å². The number of aryl methyl sites for hydroxylation is 1. The second-order valence-electron chi connectivity index (χ2n) is 4.54. The Morgan fingerprint density at radius 3 is 2.48 bits per heavy atom. The number of halogens is 1. The largest absolute Gasteiger partial charge is 0.478 e. The molecule has 2 aromatic rings. The van der Waals surface area contributed by atoms with E-state index in [1.165, 1.54) is 6.07 Å². The van der Waals surface area contributed by atoms with Crippen LogP contribution in [-0.4, -0.2) is 17.0 Å². The van der Waals surface area contributed by atoms with Gasteiger partial charge in [-0.05, 0) is 37.3 Å². The van der Waals surface area contributed by atoms with Crippen LogP contribution in [0.4, 0.5) is 15.8 Å². The van der Waals surface area contributed by atoms with Crippen LogP contribution in [0.25, 0.3) is 0 Å². The zero-order valence-corrected chi connectivity index (χ0v) is 11.2. The average Bonchev–Trinajstić information content (AvgIpc) is 2.41. The summed E-state index contributed by atoms with van der Waals surface area (Å²) >= 11 is 0. The molecule has 0 aliphatic carbocycles. The van der Waals surface area contributed by atoms with Gasteiger partial charge in [0, 0.05) is 11.4 Å². The molecule has 2 rings (SSSR count). The Labute approximate surface area is 120 Å². The molecule has 0 aliphatic rings. The van der Waals surface area contributed by atoms with Crippen molar-refractivity contribution in [2.45, 2.75) is 6.92 Å². The Balaban J connectivity index is 2.26. The smallest absolute Gasteiger partial charge is 0.338 e. The molecule has 1 amide bonds. The van der Waals surface area contributed by atoms with Crippen molar-refractivity contribution < 1.29 is 19.1 Å². The van der Waals surface area contributed by atoms with E-state index in [0.29, 0.717) is 5.69 Å². The van der Waals surface area contributed by atoms with E-state index in [9.17, 15) is 14.0 Å². The monoisotopic (exact) mass is 288 g/mol. The van der Waals surface area contributed by atoms with Gasteiger partial charge in [0.05, 0.1) is 11.1 Å². The first-order chi connectivity index (χ1) is 9.88. The van der Waals surface area contributed by atoms with Crippen molar-refractivity contribution in [2.24, 2.45) is 0 Å². The lowest BCUT2D eigenvalue weighted by Gasteiger charge is -2.09. The minimum Gasteiger partial charge on any atom is -0.478 e. The van der Waals surface area contributed by atoms with Crippen LogP contribution >= 0.6 is 0 Å². The third-order valence-corrected chi connectivity index (χ3v) is 2.91. The number of amides is 1. The number of nitrogens with two attached hydrogens (primary N) is 1. The summed E-state index contributed by atoms with van der Waals surface area (Å²) in [6.45, 7) is 1.82. The minimum absolute atomic E-state index is 0.156. The number of rotatable bonds is 3. The van der Waals surface area contributed by atoms with Gasteiger partial charge in [0.1, 0.15) is 5.82 Å². The highest BCUT2D eigenvalue weighted by molar-refractivity contribution is 6.08. The van der Waals surface area contributed by atoms with Gasteiger partial charge in [-0.2, -0.15) is 0 Å². The Hall–Kier alpha value is -2.89. The highest BCUT2D eigenvalue weighted by Gasteiger charge is 2.13. The molecular weight excluding hydrogens is 275 g/mol. The molecule has 0 radical (unpaired) electrons. The van der Waals surface area contributed by atoms with E-state index in [0.717, 1.165) is 17.7 Å². The van der Waals surface area contributed by atoms with Gasteiger partial charge in [-0.3, -0.25) is 4.79 Å². The van der Waals surface area contributed by atoms with Gasteiger partial charge in [-0.25, -0.2) is 9.18 Å². The Morgan fingerprint density at radius 1 is 1.14 bits per heavy atom. The molecule has 0 saturated carbocycles. The molecule has 6 heteroatoms. The third-order valence-electron chi connectivity index (χ3n) is 2.91. The fourth-order valence-corrected chi connectivity index (χ4v) is 1.83. The number of nitrogen functional groups attached to an aromatic ring is 1. The fourth-order valence-electron chi connectivity index (χ4n) is 1.83. The number of carboxylic acids is 1. The first-order valence-electron chi connectivity index (χ1n) is 6.09. The molecule has 0 aliphatic heterocycles. The third kappa shape index (κ3) is 3.17. The summed E-state index contributed by atoms with van der Waals surface area (Å²) < 4.78 is 13.5. The zero-order valence-electron chi connectivity index (χ0n) is 11.2. The molecule has 0 atom stereocenters. The lowest BCUT2D eigenvalue weighted by Crippen LogP contribution is -2.14. The number of carbonyl (C=O) groups excluding carboxylic acids is 1. The van der Waals surface area contributed by atoms with E-state index in [1.807, 2.05) is 6.92 Å². The molecule has 0 unspecified atom stereocenters. The van der Waals surface area contributed by atoms with Crippen LogP contribution in [-0.2, 0) is 0 Å². The number of hydrogen-bond donors (Lipinski definition) is 3. The maximum absolute atomic E-state index is 13.5. The molecule has 0 fully saturated rings. The molecule has 0 bridgehead atoms. The lowest BCUT2D eigenvalue weighted by atomic mass is 10.1. The quantitative estimate of drug-likeness (QED) is 0.757. The van der Waals surface area contributed by atoms with Crippen molar-refractivity contribution in [3.63, 3.8) is 0 Å². The predicted octanol–water partition coefficient (Wildman–Crippen LogP) is 2.67. The summed E-state index contributed by atoms with van der Waals surface area (Å²) in [5.74, 6) is -2.77. The summed E-state index contributed by atoms with van der Waals surface area (Å²) in [5, 5.41) is 11.2. The lowest BCUT2D eigenvalue weighted by molar-refractivity contribution is 0.0692. The second kappa shape index (κ2) is 5.62. The number of carboxylic acid groups (broad SMARTS) is 1. The number of benzene rings is 2. The van der Waals surface area contributed by atoms with Gasteiger partial charge in [-0.15, -0.1) is 0 Å². The molecule has 0 saturated heterocycles. The molecule has 0 aromatic heterocycles. The maximum atomic E-state index is 13.5. The van der Waals surface area contributed by atoms with Gasteiger partial charge < -0.3 is 16.2 Å². The second-order valence-corrected chi connectivity index (χ2v) is 4.54. The van der Waals surface area contributed by atoms with E-state index in [2.05, 4.69) is 5.32 Å². The van der Waals surface area contributed by atoms with Crippen LogP contribution in [0.3, 0.4) is 0 Å². The van der Waals surface area contributed by atoms with Gasteiger partial charge >= 0.3 is 5.97 Å². The standard InChI is InChI=1S/C15H13FN2O3/c1-8-2-5-13(17)11(6-8)14(19)18-9-3-4-10(15(20)21)12(16)7-9/h2-7H,17H2,1H3,(H,18,19)(H,20,21). The van der Waals surface area contributed by atoms with Crippen LogP contribution in [0.15, 0.2) is 36.4 Å². The fraction of sp³-hybridized carbons (Fsp3) is 0.0667. The van der Waals surface area contributed by atoms with E-state index in [4.69, 9.17) is 10.8 Å². The minimum atomic E-state index is -1.37. The van der Waals surface area contributed by atoms with E-state index in [1.54, 1.807) is 18.2 Å². The van der Waals surface area contributed by atoms with Crippen molar-refractivity contribution in [3.05, 3.63) is 58.9 Å². The van der Waals surface area contributed by atoms with Gasteiger partial charge in [0.2, 0.25) is 0 Å². The van der Waals surface area contributed by atoms with Crippen LogP contribution in [0, 0.1) is 12.7 Å². The summed E-state index contributed by atoms with van der Waals surface area (Å²) in [4.78, 5) is 22.8. The van der Waals surface area contributed by atoms with Crippen molar-refractivity contribution in [2.75, 3.05) is 11.1 Å². The molecule has 2 aromatic carbocycles. The molecule has 0 spiro atoms. The average molecular weight is 288 g/mol. The molecular formula is C15H13FN2O3. The molecule has 21 heavy (non-hydrogen) atoms. The molecule has 5 nitrogen and oxygen atoms in total. The van der Waals surface area contributed by atoms with Crippen LogP contribution in [0.5, 0.6) is 0 Å². The maximum Gasteiger partial charge on any atom is 0.338 e. The van der Waals surface area contributed by atoms with Crippen molar-refractivity contribution >= 4 is 23.3 Å². The zero-order chi connectivity index (χ0) is 15.6. The number of nitrogens with one attached hydrogen (secondary N) is 1. The van der Waals surface area contributed by atoms with Crippen LogP contribution in [0.2, 0.25) is 0 Å². The number of carbonyl (C=O) groups is 2. The van der Waals surface area contributed by atoms with E-state index < -0.39 is 23.3 Å². The highest BCUT2D eigenvalue weighted by atomic mass is 19.1. The number of aromatic carboxylic acids is 1. The summed E-state index contributed by atoms with van der Waals surface area (Å²) in [6, 6.07) is 8.36. The Morgan fingerprint density at radius 2 is 1.86 bits per heavy atom. The van der Waals surface area contributed by atoms with E-state index in [-0.39, 0.29) is 11.3 Å². The van der Waals surface area contributed by atoms with Crippen molar-refractivity contribution in [1.29, 1.82) is 0 Å². The number of hydrogen-bond acceptors (Lipinski definition) is 3. The summed E-state index contributed by atoms with van der Waals surface area (Å²) in [7, 11) is 0. The first kappa shape index (κ1) is 14.5. The van der Waals surface area contributed by atoms with Gasteiger partial charge in [0.15, 0.2) is 0 Å². The molecule has 4 N–H and O–H groups in total. The Kier molecular flexibility index (Phi) is 3.89. The molecule has 108 valence electrons. The molecule has 0 heterocycles. The predicted molar refractivity (Wildman–Crippen MR) is 76.9 cm³/mol. The highest BCUT2D eigenvalue weighted by Crippen LogP contribution is 2.18. The van der Waals surface area contributed by atoms with Crippen LogP contribution in [0.1, 0.15) is 26.3 Å². The summed E-state index contributed by atoms with van der Waals surface area (Å²) in [6.07, 6.45) is 0. The van der Waals surface area contributed by atoms with Gasteiger partial charge in [-0.1, -0.05) is 11.6 Å². The van der Waals surface area contributed by atoms with Crippen molar-refractivity contribution in [1.82, 2.24) is 0 Å².